The predicted octanol–water partition coefficient (Wildman–Crippen LogP) is 3.00. The molecule has 4 N–H and O–H groups in total. The largest absolute Gasteiger partial charge is 0.389 e. The van der Waals surface area contributed by atoms with Gasteiger partial charge in [0, 0.05) is 44.1 Å². The maximum Gasteiger partial charge on any atom is 0.0990 e. The second kappa shape index (κ2) is 9.27. The summed E-state index contributed by atoms with van der Waals surface area (Å²) >= 11 is 0. The van der Waals surface area contributed by atoms with Crippen LogP contribution in [-0.2, 0) is 6.54 Å². The molecule has 0 unspecified atom stereocenters. The molecule has 5 nitrogen and oxygen atoms in total. The van der Waals surface area contributed by atoms with Gasteiger partial charge in [0.2, 0.25) is 0 Å². The summed E-state index contributed by atoms with van der Waals surface area (Å²) < 4.78 is 0. The summed E-state index contributed by atoms with van der Waals surface area (Å²) in [4.78, 5) is 4.31. The average molecular weight is 420 g/mol. The Morgan fingerprint density at radius 1 is 0.871 bits per heavy atom. The minimum atomic E-state index is -0.721. The lowest BCUT2D eigenvalue weighted by atomic mass is 9.88. The number of hydrogen-bond acceptors (Lipinski definition) is 5. The molecule has 2 saturated heterocycles. The van der Waals surface area contributed by atoms with Gasteiger partial charge < -0.3 is 25.7 Å². The van der Waals surface area contributed by atoms with Gasteiger partial charge in [-0.2, -0.15) is 0 Å². The lowest BCUT2D eigenvalue weighted by Crippen LogP contribution is -2.31. The van der Waals surface area contributed by atoms with Gasteiger partial charge >= 0.3 is 0 Å². The molecule has 2 heterocycles. The number of nitrogens with zero attached hydrogens (tertiary/aromatic N) is 2. The van der Waals surface area contributed by atoms with Crippen molar-refractivity contribution in [3.8, 4) is 0 Å². The van der Waals surface area contributed by atoms with Crippen molar-refractivity contribution < 1.29 is 10.2 Å². The van der Waals surface area contributed by atoms with Gasteiger partial charge in [-0.25, -0.2) is 0 Å². The zero-order valence-corrected chi connectivity index (χ0v) is 18.1. The molecule has 0 aliphatic carbocycles. The van der Waals surface area contributed by atoms with Crippen LogP contribution in [0.3, 0.4) is 0 Å². The first-order chi connectivity index (χ1) is 15.0. The summed E-state index contributed by atoms with van der Waals surface area (Å²) in [7, 11) is 0. The summed E-state index contributed by atoms with van der Waals surface area (Å²) in [5.74, 6) is 0.565. The first-order valence-electron chi connectivity index (χ1n) is 11.1. The summed E-state index contributed by atoms with van der Waals surface area (Å²) in [6, 6.07) is 16.9. The molecule has 0 aromatic heterocycles. The van der Waals surface area contributed by atoms with Crippen molar-refractivity contribution in [1.82, 2.24) is 9.80 Å². The fourth-order valence-electron chi connectivity index (χ4n) is 4.69. The molecule has 164 valence electrons. The third kappa shape index (κ3) is 4.69. The van der Waals surface area contributed by atoms with Crippen LogP contribution in [0.4, 0.5) is 0 Å². The van der Waals surface area contributed by atoms with Crippen LogP contribution in [0.1, 0.15) is 41.0 Å². The van der Waals surface area contributed by atoms with Crippen LogP contribution >= 0.6 is 0 Å². The zero-order valence-electron chi connectivity index (χ0n) is 18.1. The van der Waals surface area contributed by atoms with Gasteiger partial charge in [0.05, 0.1) is 12.2 Å². The molecule has 2 fully saturated rings. The van der Waals surface area contributed by atoms with Crippen LogP contribution in [0.25, 0.3) is 11.4 Å². The normalized spacial score (nSPS) is 22.0. The Balaban J connectivity index is 1.40. The molecule has 0 radical (unpaired) electrons. The van der Waals surface area contributed by atoms with Crippen LogP contribution in [-0.4, -0.2) is 58.4 Å². The molecule has 2 aliphatic rings. The van der Waals surface area contributed by atoms with Crippen molar-refractivity contribution in [2.24, 2.45) is 5.73 Å². The van der Waals surface area contributed by atoms with E-state index in [4.69, 9.17) is 5.73 Å². The molecule has 0 saturated carbocycles. The quantitative estimate of drug-likeness (QED) is 0.671. The average Bonchev–Trinajstić information content (AvgIpc) is 3.16. The van der Waals surface area contributed by atoms with E-state index in [2.05, 4.69) is 54.5 Å². The van der Waals surface area contributed by atoms with Crippen LogP contribution in [0, 0.1) is 0 Å². The lowest BCUT2D eigenvalue weighted by molar-refractivity contribution is 0.0572. The number of β-amino-alcohol motifs (C(OH)–C–C–N with tert-alkyl or cyclic N) is 2. The number of piperidine rings is 1. The van der Waals surface area contributed by atoms with Crippen LogP contribution in [0.2, 0.25) is 0 Å². The number of nitrogens with two attached hydrogens (primary N) is 1. The number of hydrogen-bond donors (Lipinski definition) is 3. The lowest BCUT2D eigenvalue weighted by Gasteiger charge is -2.35. The van der Waals surface area contributed by atoms with E-state index in [-0.39, 0.29) is 0 Å². The standard InChI is InChI=1S/C26H33N3O2/c1-18(28-11-9-21(10-12-28)24-8-3-5-20(13-24)15-27)22-6-4-7-23(14-22)19(2)29-16-25(30)26(31)17-29/h3-8,13-14,21,25-26,30-31H,1-2,9-12,15-17,27H2/t25-,26+. The smallest absolute Gasteiger partial charge is 0.0990 e. The molecule has 31 heavy (non-hydrogen) atoms. The fraction of sp³-hybridized carbons (Fsp3) is 0.385. The Labute approximate surface area is 185 Å². The summed E-state index contributed by atoms with van der Waals surface area (Å²) in [5.41, 5.74) is 12.3. The van der Waals surface area contributed by atoms with Gasteiger partial charge in [-0.15, -0.1) is 0 Å². The first kappa shape index (κ1) is 21.6. The van der Waals surface area contributed by atoms with Gasteiger partial charge in [-0.1, -0.05) is 55.6 Å². The van der Waals surface area contributed by atoms with Crippen LogP contribution < -0.4 is 5.73 Å². The number of benzene rings is 2. The minimum absolute atomic E-state index is 0.407. The molecule has 0 spiro atoms. The Bertz CT molecular complexity index is 939. The first-order valence-corrected chi connectivity index (χ1v) is 11.1. The highest BCUT2D eigenvalue weighted by molar-refractivity contribution is 5.69. The molecule has 0 bridgehead atoms. The van der Waals surface area contributed by atoms with Crippen molar-refractivity contribution in [2.45, 2.75) is 37.5 Å². The van der Waals surface area contributed by atoms with Gasteiger partial charge in [0.15, 0.2) is 0 Å². The number of rotatable bonds is 6. The monoisotopic (exact) mass is 419 g/mol. The predicted molar refractivity (Wildman–Crippen MR) is 126 cm³/mol. The van der Waals surface area contributed by atoms with E-state index in [1.165, 1.54) is 11.1 Å². The summed E-state index contributed by atoms with van der Waals surface area (Å²) in [5, 5.41) is 19.7. The van der Waals surface area contributed by atoms with E-state index in [1.54, 1.807) is 0 Å². The molecule has 2 aromatic carbocycles. The number of aliphatic hydroxyl groups is 2. The van der Waals surface area contributed by atoms with Crippen molar-refractivity contribution in [2.75, 3.05) is 26.2 Å². The second-order valence-electron chi connectivity index (χ2n) is 8.72. The molecular formula is C26H33N3O2. The molecule has 2 atom stereocenters. The molecule has 2 aromatic rings. The third-order valence-electron chi connectivity index (χ3n) is 6.70. The van der Waals surface area contributed by atoms with Crippen molar-refractivity contribution in [3.63, 3.8) is 0 Å². The van der Waals surface area contributed by atoms with E-state index in [0.717, 1.165) is 48.5 Å². The van der Waals surface area contributed by atoms with Crippen LogP contribution in [0.15, 0.2) is 61.7 Å². The van der Waals surface area contributed by atoms with Crippen molar-refractivity contribution in [3.05, 3.63) is 83.9 Å². The second-order valence-corrected chi connectivity index (χ2v) is 8.72. The third-order valence-corrected chi connectivity index (χ3v) is 6.70. The topological polar surface area (TPSA) is 73.0 Å². The highest BCUT2D eigenvalue weighted by atomic mass is 16.3. The molecule has 5 heteroatoms. The maximum atomic E-state index is 9.85. The highest BCUT2D eigenvalue weighted by Crippen LogP contribution is 2.32. The van der Waals surface area contributed by atoms with Crippen molar-refractivity contribution in [1.29, 1.82) is 0 Å². The number of likely N-dealkylation sites (tertiary alicyclic amines) is 2. The van der Waals surface area contributed by atoms with E-state index in [9.17, 15) is 10.2 Å². The minimum Gasteiger partial charge on any atom is -0.389 e. The summed E-state index contributed by atoms with van der Waals surface area (Å²) in [6.45, 7) is 11.9. The van der Waals surface area contributed by atoms with E-state index >= 15 is 0 Å². The van der Waals surface area contributed by atoms with Gasteiger partial charge in [0.25, 0.3) is 0 Å². The highest BCUT2D eigenvalue weighted by Gasteiger charge is 2.30. The Morgan fingerprint density at radius 3 is 2.06 bits per heavy atom. The Hall–Kier alpha value is -2.60. The van der Waals surface area contributed by atoms with Crippen LogP contribution in [0.5, 0.6) is 0 Å². The fourth-order valence-corrected chi connectivity index (χ4v) is 4.69. The molecular weight excluding hydrogens is 386 g/mol. The Morgan fingerprint density at radius 2 is 1.45 bits per heavy atom. The summed E-state index contributed by atoms with van der Waals surface area (Å²) in [6.07, 6.45) is 0.759. The zero-order chi connectivity index (χ0) is 22.0. The molecule has 2 aliphatic heterocycles. The van der Waals surface area contributed by atoms with E-state index in [0.29, 0.717) is 25.6 Å². The van der Waals surface area contributed by atoms with Gasteiger partial charge in [-0.05, 0) is 47.1 Å². The maximum absolute atomic E-state index is 9.85. The van der Waals surface area contributed by atoms with Gasteiger partial charge in [-0.3, -0.25) is 0 Å². The van der Waals surface area contributed by atoms with E-state index in [1.807, 2.05) is 17.0 Å². The van der Waals surface area contributed by atoms with E-state index < -0.39 is 12.2 Å². The van der Waals surface area contributed by atoms with Gasteiger partial charge in [0.1, 0.15) is 0 Å². The molecule has 0 amide bonds. The SMILES string of the molecule is C=C(c1cccc(C(=C)N2C[C@@H](O)[C@@H](O)C2)c1)N1CCC(c2cccc(CN)c2)CC1. The van der Waals surface area contributed by atoms with Crippen molar-refractivity contribution >= 4 is 11.4 Å². The molecule has 4 rings (SSSR count). The number of aliphatic hydroxyl groups excluding tert-OH is 2. The Kier molecular flexibility index (Phi) is 6.46.